The van der Waals surface area contributed by atoms with Gasteiger partial charge in [-0.05, 0) is 30.7 Å². The highest BCUT2D eigenvalue weighted by atomic mass is 16.5. The van der Waals surface area contributed by atoms with Gasteiger partial charge in [0.15, 0.2) is 0 Å². The number of allylic oxidation sites excluding steroid dienone is 1. The normalized spacial score (nSPS) is 10.1. The van der Waals surface area contributed by atoms with Gasteiger partial charge in [-0.1, -0.05) is 18.2 Å². The van der Waals surface area contributed by atoms with Crippen LogP contribution in [-0.4, -0.2) is 19.1 Å². The predicted octanol–water partition coefficient (Wildman–Crippen LogP) is 2.06. The SMILES string of the molecule is C/C=C/C(=O)NCc1ccc(NC(=O)OC)cc1. The second-order valence-electron chi connectivity index (χ2n) is 3.53. The van der Waals surface area contributed by atoms with E-state index in [9.17, 15) is 9.59 Å². The fourth-order valence-electron chi connectivity index (χ4n) is 1.27. The molecule has 0 saturated carbocycles. The van der Waals surface area contributed by atoms with E-state index in [0.717, 1.165) is 5.56 Å². The number of benzene rings is 1. The van der Waals surface area contributed by atoms with Crippen LogP contribution < -0.4 is 10.6 Å². The first kappa shape index (κ1) is 13.8. The van der Waals surface area contributed by atoms with Gasteiger partial charge < -0.3 is 10.1 Å². The lowest BCUT2D eigenvalue weighted by Gasteiger charge is -2.06. The van der Waals surface area contributed by atoms with Crippen molar-refractivity contribution < 1.29 is 14.3 Å². The van der Waals surface area contributed by atoms with Gasteiger partial charge in [0, 0.05) is 12.2 Å². The number of carbonyl (C=O) groups is 2. The number of ether oxygens (including phenoxy) is 1. The first-order valence-corrected chi connectivity index (χ1v) is 5.50. The largest absolute Gasteiger partial charge is 0.453 e. The van der Waals surface area contributed by atoms with Crippen molar-refractivity contribution in [2.45, 2.75) is 13.5 Å². The zero-order valence-corrected chi connectivity index (χ0v) is 10.4. The smallest absolute Gasteiger partial charge is 0.411 e. The quantitative estimate of drug-likeness (QED) is 0.801. The van der Waals surface area contributed by atoms with Gasteiger partial charge in [0.05, 0.1) is 7.11 Å². The lowest BCUT2D eigenvalue weighted by molar-refractivity contribution is -0.116. The number of anilines is 1. The summed E-state index contributed by atoms with van der Waals surface area (Å²) in [6, 6.07) is 7.13. The molecule has 0 unspecified atom stereocenters. The summed E-state index contributed by atoms with van der Waals surface area (Å²) in [6.07, 6.45) is 2.63. The molecule has 0 aliphatic rings. The minimum atomic E-state index is -0.510. The Labute approximate surface area is 106 Å². The Hall–Kier alpha value is -2.30. The molecular formula is C13H16N2O3. The minimum Gasteiger partial charge on any atom is -0.453 e. The van der Waals surface area contributed by atoms with Crippen molar-refractivity contribution in [2.24, 2.45) is 0 Å². The molecule has 0 atom stereocenters. The summed E-state index contributed by atoms with van der Waals surface area (Å²) in [5.74, 6) is -0.130. The van der Waals surface area contributed by atoms with Crippen molar-refractivity contribution in [3.8, 4) is 0 Å². The van der Waals surface area contributed by atoms with E-state index in [2.05, 4.69) is 15.4 Å². The molecule has 2 amide bonds. The number of methoxy groups -OCH3 is 1. The summed E-state index contributed by atoms with van der Waals surface area (Å²) in [5, 5.41) is 5.28. The maximum atomic E-state index is 11.2. The molecule has 0 aliphatic heterocycles. The molecule has 96 valence electrons. The van der Waals surface area contributed by atoms with Gasteiger partial charge in [-0.3, -0.25) is 10.1 Å². The number of hydrogen-bond acceptors (Lipinski definition) is 3. The third kappa shape index (κ3) is 4.69. The van der Waals surface area contributed by atoms with Crippen molar-refractivity contribution in [3.63, 3.8) is 0 Å². The van der Waals surface area contributed by atoms with Crippen LogP contribution in [0.15, 0.2) is 36.4 Å². The molecule has 0 aromatic heterocycles. The molecule has 0 bridgehead atoms. The van der Waals surface area contributed by atoms with E-state index in [1.165, 1.54) is 13.2 Å². The van der Waals surface area contributed by atoms with E-state index in [0.29, 0.717) is 12.2 Å². The summed E-state index contributed by atoms with van der Waals surface area (Å²) in [6.45, 7) is 2.23. The average Bonchev–Trinajstić information content (AvgIpc) is 2.38. The van der Waals surface area contributed by atoms with Crippen LogP contribution in [0.2, 0.25) is 0 Å². The molecule has 5 nitrogen and oxygen atoms in total. The summed E-state index contributed by atoms with van der Waals surface area (Å²) in [5.41, 5.74) is 1.59. The molecule has 0 radical (unpaired) electrons. The van der Waals surface area contributed by atoms with E-state index < -0.39 is 6.09 Å². The van der Waals surface area contributed by atoms with Crippen LogP contribution in [0.5, 0.6) is 0 Å². The average molecular weight is 248 g/mol. The van der Waals surface area contributed by atoms with Crippen LogP contribution >= 0.6 is 0 Å². The van der Waals surface area contributed by atoms with Crippen molar-refractivity contribution >= 4 is 17.7 Å². The molecule has 0 fully saturated rings. The number of amides is 2. The second kappa shape index (κ2) is 7.11. The summed E-state index contributed by atoms with van der Waals surface area (Å²) in [7, 11) is 1.31. The maximum Gasteiger partial charge on any atom is 0.411 e. The first-order valence-electron chi connectivity index (χ1n) is 5.50. The molecule has 0 spiro atoms. The van der Waals surface area contributed by atoms with Gasteiger partial charge in [0.1, 0.15) is 0 Å². The lowest BCUT2D eigenvalue weighted by atomic mass is 10.2. The van der Waals surface area contributed by atoms with Gasteiger partial charge in [-0.2, -0.15) is 0 Å². The van der Waals surface area contributed by atoms with E-state index in [-0.39, 0.29) is 5.91 Å². The van der Waals surface area contributed by atoms with Crippen LogP contribution in [0.4, 0.5) is 10.5 Å². The highest BCUT2D eigenvalue weighted by Crippen LogP contribution is 2.09. The van der Waals surface area contributed by atoms with Crippen molar-refractivity contribution in [1.82, 2.24) is 5.32 Å². The van der Waals surface area contributed by atoms with Crippen LogP contribution in [0.25, 0.3) is 0 Å². The molecule has 1 aromatic carbocycles. The fourth-order valence-corrected chi connectivity index (χ4v) is 1.27. The summed E-state index contributed by atoms with van der Waals surface area (Å²) in [4.78, 5) is 22.2. The van der Waals surface area contributed by atoms with E-state index in [1.54, 1.807) is 25.1 Å². The Morgan fingerprint density at radius 2 is 1.94 bits per heavy atom. The zero-order chi connectivity index (χ0) is 13.4. The minimum absolute atomic E-state index is 0.130. The Bertz CT molecular complexity index is 438. The van der Waals surface area contributed by atoms with Gasteiger partial charge in [0.25, 0.3) is 0 Å². The van der Waals surface area contributed by atoms with Gasteiger partial charge in [0.2, 0.25) is 5.91 Å². The Balaban J connectivity index is 2.50. The Morgan fingerprint density at radius 3 is 2.50 bits per heavy atom. The lowest BCUT2D eigenvalue weighted by Crippen LogP contribution is -2.20. The standard InChI is InChI=1S/C13H16N2O3/c1-3-4-12(16)14-9-10-5-7-11(8-6-10)15-13(17)18-2/h3-8H,9H2,1-2H3,(H,14,16)(H,15,17)/b4-3+. The molecule has 0 heterocycles. The zero-order valence-electron chi connectivity index (χ0n) is 10.4. The molecule has 0 aliphatic carbocycles. The number of rotatable bonds is 4. The van der Waals surface area contributed by atoms with Crippen molar-refractivity contribution in [2.75, 3.05) is 12.4 Å². The molecule has 5 heteroatoms. The second-order valence-corrected chi connectivity index (χ2v) is 3.53. The third-order valence-electron chi connectivity index (χ3n) is 2.17. The molecule has 1 rings (SSSR count). The summed E-state index contributed by atoms with van der Waals surface area (Å²) < 4.78 is 4.48. The number of hydrogen-bond donors (Lipinski definition) is 2. The van der Waals surface area contributed by atoms with Crippen LogP contribution in [0.1, 0.15) is 12.5 Å². The Kier molecular flexibility index (Phi) is 5.44. The van der Waals surface area contributed by atoms with Gasteiger partial charge in [-0.25, -0.2) is 4.79 Å². The molecule has 18 heavy (non-hydrogen) atoms. The predicted molar refractivity (Wildman–Crippen MR) is 69.1 cm³/mol. The molecular weight excluding hydrogens is 232 g/mol. The number of carbonyl (C=O) groups excluding carboxylic acids is 2. The van der Waals surface area contributed by atoms with Crippen LogP contribution in [0, 0.1) is 0 Å². The van der Waals surface area contributed by atoms with Crippen molar-refractivity contribution in [1.29, 1.82) is 0 Å². The topological polar surface area (TPSA) is 67.4 Å². The molecule has 1 aromatic rings. The van der Waals surface area contributed by atoms with Crippen molar-refractivity contribution in [3.05, 3.63) is 42.0 Å². The van der Waals surface area contributed by atoms with Crippen LogP contribution in [-0.2, 0) is 16.1 Å². The third-order valence-corrected chi connectivity index (χ3v) is 2.17. The van der Waals surface area contributed by atoms with E-state index in [4.69, 9.17) is 0 Å². The van der Waals surface area contributed by atoms with E-state index >= 15 is 0 Å². The first-order chi connectivity index (χ1) is 8.65. The van der Waals surface area contributed by atoms with Crippen LogP contribution in [0.3, 0.4) is 0 Å². The fraction of sp³-hybridized carbons (Fsp3) is 0.231. The highest BCUT2D eigenvalue weighted by Gasteiger charge is 2.00. The summed E-state index contributed by atoms with van der Waals surface area (Å²) >= 11 is 0. The van der Waals surface area contributed by atoms with E-state index in [1.807, 2.05) is 12.1 Å². The Morgan fingerprint density at radius 1 is 1.28 bits per heavy atom. The monoisotopic (exact) mass is 248 g/mol. The maximum absolute atomic E-state index is 11.2. The van der Waals surface area contributed by atoms with Gasteiger partial charge >= 0.3 is 6.09 Å². The number of nitrogens with one attached hydrogen (secondary N) is 2. The van der Waals surface area contributed by atoms with Gasteiger partial charge in [-0.15, -0.1) is 0 Å². The molecule has 0 saturated heterocycles. The molecule has 2 N–H and O–H groups in total. The highest BCUT2D eigenvalue weighted by molar-refractivity contribution is 5.87.